The van der Waals surface area contributed by atoms with Gasteiger partial charge in [-0.1, -0.05) is 96.6 Å². The average molecular weight is 337 g/mol. The van der Waals surface area contributed by atoms with Crippen molar-refractivity contribution in [3.63, 3.8) is 0 Å². The van der Waals surface area contributed by atoms with Gasteiger partial charge in [0.25, 0.3) is 0 Å². The number of allylic oxidation sites excluding steroid dienone is 3. The SMILES string of the molecule is CCCCCCCCCCCCCCC=CC=COC(=O)CCC. The van der Waals surface area contributed by atoms with E-state index in [0.29, 0.717) is 6.42 Å². The van der Waals surface area contributed by atoms with Crippen molar-refractivity contribution in [3.05, 3.63) is 24.5 Å². The highest BCUT2D eigenvalue weighted by atomic mass is 16.5. The largest absolute Gasteiger partial charge is 0.434 e. The van der Waals surface area contributed by atoms with Crippen molar-refractivity contribution in [3.8, 4) is 0 Å². The minimum absolute atomic E-state index is 0.150. The third-order valence-corrected chi connectivity index (χ3v) is 4.20. The van der Waals surface area contributed by atoms with Crippen LogP contribution >= 0.6 is 0 Å². The molecule has 0 aliphatic carbocycles. The third kappa shape index (κ3) is 19.0. The van der Waals surface area contributed by atoms with Crippen LogP contribution in [0.5, 0.6) is 0 Å². The minimum atomic E-state index is -0.150. The Labute approximate surface area is 150 Å². The summed E-state index contributed by atoms with van der Waals surface area (Å²) < 4.78 is 4.93. The van der Waals surface area contributed by atoms with Gasteiger partial charge in [-0.15, -0.1) is 0 Å². The first-order valence-electron chi connectivity index (χ1n) is 10.3. The van der Waals surface area contributed by atoms with Gasteiger partial charge in [-0.2, -0.15) is 0 Å². The first-order valence-corrected chi connectivity index (χ1v) is 10.3. The molecule has 0 radical (unpaired) electrons. The molecule has 0 bridgehead atoms. The first kappa shape index (κ1) is 22.9. The van der Waals surface area contributed by atoms with Crippen LogP contribution in [0.15, 0.2) is 24.5 Å². The molecular formula is C22H40O2. The van der Waals surface area contributed by atoms with E-state index in [1.807, 2.05) is 13.0 Å². The van der Waals surface area contributed by atoms with Crippen LogP contribution in [-0.2, 0) is 9.53 Å². The number of carbonyl (C=O) groups excluding carboxylic acids is 1. The van der Waals surface area contributed by atoms with E-state index in [-0.39, 0.29) is 5.97 Å². The summed E-state index contributed by atoms with van der Waals surface area (Å²) in [5.74, 6) is -0.150. The van der Waals surface area contributed by atoms with Gasteiger partial charge in [-0.3, -0.25) is 4.79 Å². The minimum Gasteiger partial charge on any atom is -0.434 e. The lowest BCUT2D eigenvalue weighted by molar-refractivity contribution is -0.138. The van der Waals surface area contributed by atoms with E-state index in [9.17, 15) is 4.79 Å². The van der Waals surface area contributed by atoms with Crippen LogP contribution in [0.2, 0.25) is 0 Å². The fourth-order valence-electron chi connectivity index (χ4n) is 2.70. The van der Waals surface area contributed by atoms with Crippen molar-refractivity contribution in [1.82, 2.24) is 0 Å². The molecule has 0 rings (SSSR count). The zero-order chi connectivity index (χ0) is 17.7. The molecule has 0 spiro atoms. The highest BCUT2D eigenvalue weighted by Crippen LogP contribution is 2.12. The zero-order valence-corrected chi connectivity index (χ0v) is 16.2. The molecule has 24 heavy (non-hydrogen) atoms. The van der Waals surface area contributed by atoms with Crippen molar-refractivity contribution >= 4 is 5.97 Å². The molecule has 0 unspecified atom stereocenters. The Morgan fingerprint density at radius 1 is 0.708 bits per heavy atom. The fourth-order valence-corrected chi connectivity index (χ4v) is 2.70. The van der Waals surface area contributed by atoms with Gasteiger partial charge in [0.2, 0.25) is 0 Å². The van der Waals surface area contributed by atoms with Crippen LogP contribution < -0.4 is 0 Å². The van der Waals surface area contributed by atoms with Crippen LogP contribution in [-0.4, -0.2) is 5.97 Å². The highest BCUT2D eigenvalue weighted by molar-refractivity contribution is 5.69. The van der Waals surface area contributed by atoms with Crippen molar-refractivity contribution in [2.24, 2.45) is 0 Å². The number of esters is 1. The lowest BCUT2D eigenvalue weighted by atomic mass is 10.0. The zero-order valence-electron chi connectivity index (χ0n) is 16.2. The Morgan fingerprint density at radius 3 is 1.79 bits per heavy atom. The summed E-state index contributed by atoms with van der Waals surface area (Å²) >= 11 is 0. The van der Waals surface area contributed by atoms with E-state index in [0.717, 1.165) is 12.8 Å². The molecule has 140 valence electrons. The van der Waals surface area contributed by atoms with Crippen molar-refractivity contribution in [1.29, 1.82) is 0 Å². The summed E-state index contributed by atoms with van der Waals surface area (Å²) in [4.78, 5) is 11.1. The second-order valence-electron chi connectivity index (χ2n) is 6.67. The topological polar surface area (TPSA) is 26.3 Å². The monoisotopic (exact) mass is 336 g/mol. The summed E-state index contributed by atoms with van der Waals surface area (Å²) in [5.41, 5.74) is 0. The van der Waals surface area contributed by atoms with E-state index in [4.69, 9.17) is 4.74 Å². The summed E-state index contributed by atoms with van der Waals surface area (Å²) in [6.45, 7) is 4.25. The molecule has 0 saturated carbocycles. The van der Waals surface area contributed by atoms with E-state index in [1.165, 1.54) is 83.3 Å². The molecule has 0 aliphatic rings. The van der Waals surface area contributed by atoms with E-state index < -0.39 is 0 Å². The maximum absolute atomic E-state index is 11.1. The van der Waals surface area contributed by atoms with Crippen LogP contribution in [0, 0.1) is 0 Å². The lowest BCUT2D eigenvalue weighted by Gasteiger charge is -2.02. The maximum atomic E-state index is 11.1. The second-order valence-corrected chi connectivity index (χ2v) is 6.67. The Bertz CT molecular complexity index is 318. The highest BCUT2D eigenvalue weighted by Gasteiger charge is 1.95. The summed E-state index contributed by atoms with van der Waals surface area (Å²) in [5, 5.41) is 0. The fraction of sp³-hybridized carbons (Fsp3) is 0.773. The van der Waals surface area contributed by atoms with Crippen molar-refractivity contribution in [2.45, 2.75) is 110 Å². The predicted octanol–water partition coefficient (Wildman–Crippen LogP) is 7.49. The Balaban J connectivity index is 3.20. The van der Waals surface area contributed by atoms with Crippen LogP contribution in [0.25, 0.3) is 0 Å². The van der Waals surface area contributed by atoms with Crippen LogP contribution in [0.3, 0.4) is 0 Å². The smallest absolute Gasteiger partial charge is 0.310 e. The number of ether oxygens (including phenoxy) is 1. The number of carbonyl (C=O) groups is 1. The Morgan fingerprint density at radius 2 is 1.25 bits per heavy atom. The van der Waals surface area contributed by atoms with Gasteiger partial charge in [-0.05, 0) is 25.3 Å². The van der Waals surface area contributed by atoms with Gasteiger partial charge in [0.15, 0.2) is 0 Å². The summed E-state index contributed by atoms with van der Waals surface area (Å²) in [7, 11) is 0. The van der Waals surface area contributed by atoms with Crippen LogP contribution in [0.1, 0.15) is 110 Å². The number of hydrogen-bond donors (Lipinski definition) is 0. The summed E-state index contributed by atoms with van der Waals surface area (Å²) in [6, 6.07) is 0. The third-order valence-electron chi connectivity index (χ3n) is 4.20. The average Bonchev–Trinajstić information content (AvgIpc) is 2.58. The molecule has 2 nitrogen and oxygen atoms in total. The van der Waals surface area contributed by atoms with Crippen LogP contribution in [0.4, 0.5) is 0 Å². The maximum Gasteiger partial charge on any atom is 0.310 e. The van der Waals surface area contributed by atoms with Gasteiger partial charge < -0.3 is 4.74 Å². The molecular weight excluding hydrogens is 296 g/mol. The molecule has 0 atom stereocenters. The van der Waals surface area contributed by atoms with Crippen molar-refractivity contribution < 1.29 is 9.53 Å². The quantitative estimate of drug-likeness (QED) is 0.119. The van der Waals surface area contributed by atoms with Gasteiger partial charge in [-0.25, -0.2) is 0 Å². The van der Waals surface area contributed by atoms with E-state index in [2.05, 4.69) is 13.0 Å². The molecule has 0 fully saturated rings. The Hall–Kier alpha value is -1.05. The number of unbranched alkanes of at least 4 members (excludes halogenated alkanes) is 12. The van der Waals surface area contributed by atoms with Gasteiger partial charge in [0, 0.05) is 6.42 Å². The normalized spacial score (nSPS) is 11.6. The molecule has 0 aromatic heterocycles. The molecule has 0 N–H and O–H groups in total. The molecule has 2 heteroatoms. The predicted molar refractivity (Wildman–Crippen MR) is 105 cm³/mol. The van der Waals surface area contributed by atoms with Gasteiger partial charge >= 0.3 is 5.97 Å². The van der Waals surface area contributed by atoms with Crippen molar-refractivity contribution in [2.75, 3.05) is 0 Å². The molecule has 0 heterocycles. The van der Waals surface area contributed by atoms with E-state index in [1.54, 1.807) is 6.08 Å². The second kappa shape index (κ2) is 20.0. The first-order chi connectivity index (χ1) is 11.8. The number of rotatable bonds is 17. The van der Waals surface area contributed by atoms with Gasteiger partial charge in [0.05, 0.1) is 6.26 Å². The Kier molecular flexibility index (Phi) is 19.1. The summed E-state index contributed by atoms with van der Waals surface area (Å²) in [6.07, 6.45) is 26.5. The molecule has 0 aliphatic heterocycles. The standard InChI is InChI=1S/C22H40O2/c1-3-5-6-7-8-9-10-11-12-13-14-15-16-17-18-19-21-24-22(23)20-4-2/h17-19,21H,3-16,20H2,1-2H3. The van der Waals surface area contributed by atoms with E-state index >= 15 is 0 Å². The lowest BCUT2D eigenvalue weighted by Crippen LogP contribution is -1.97. The molecule has 0 saturated heterocycles. The van der Waals surface area contributed by atoms with Gasteiger partial charge in [0.1, 0.15) is 0 Å². The number of hydrogen-bond acceptors (Lipinski definition) is 2. The molecule has 0 amide bonds. The molecule has 0 aromatic carbocycles. The molecule has 0 aromatic rings.